The van der Waals surface area contributed by atoms with Crippen molar-refractivity contribution in [1.29, 1.82) is 0 Å². The van der Waals surface area contributed by atoms with Crippen LogP contribution in [-0.2, 0) is 10.3 Å². The quantitative estimate of drug-likeness (QED) is 0.919. The zero-order chi connectivity index (χ0) is 13.3. The van der Waals surface area contributed by atoms with Gasteiger partial charge in [0.15, 0.2) is 0 Å². The van der Waals surface area contributed by atoms with E-state index in [1.165, 1.54) is 37.1 Å². The third-order valence-electron chi connectivity index (χ3n) is 4.71. The summed E-state index contributed by atoms with van der Waals surface area (Å²) in [5, 5.41) is 7.40. The fourth-order valence-corrected chi connectivity index (χ4v) is 4.31. The largest absolute Gasteiger partial charge is 0.381 e. The smallest absolute Gasteiger partial charge is 0.113 e. The van der Waals surface area contributed by atoms with Crippen LogP contribution in [-0.4, -0.2) is 24.2 Å². The predicted molar refractivity (Wildman–Crippen MR) is 78.5 cm³/mol. The molecule has 2 fully saturated rings. The lowest BCUT2D eigenvalue weighted by Gasteiger charge is -2.45. The minimum atomic E-state index is 0.177. The summed E-state index contributed by atoms with van der Waals surface area (Å²) in [6.45, 7) is 6.30. The molecule has 1 saturated carbocycles. The molecule has 4 heteroatoms. The molecular formula is C15H24N2OS. The number of nitrogens with one attached hydrogen (secondary N) is 1. The van der Waals surface area contributed by atoms with Crippen molar-refractivity contribution in [2.75, 3.05) is 13.2 Å². The zero-order valence-electron chi connectivity index (χ0n) is 11.9. The maximum atomic E-state index is 5.47. The molecule has 0 spiro atoms. The van der Waals surface area contributed by atoms with Crippen molar-refractivity contribution in [3.8, 4) is 0 Å². The molecule has 1 unspecified atom stereocenters. The molecule has 3 nitrogen and oxygen atoms in total. The third-order valence-corrected chi connectivity index (χ3v) is 5.88. The number of hydrogen-bond acceptors (Lipinski definition) is 4. The molecule has 2 aliphatic rings. The Balaban J connectivity index is 1.69. The Morgan fingerprint density at radius 2 is 2.16 bits per heavy atom. The van der Waals surface area contributed by atoms with Crippen LogP contribution in [0.25, 0.3) is 0 Å². The molecule has 1 aromatic rings. The van der Waals surface area contributed by atoms with E-state index in [4.69, 9.17) is 9.72 Å². The van der Waals surface area contributed by atoms with Gasteiger partial charge in [-0.15, -0.1) is 11.3 Å². The van der Waals surface area contributed by atoms with Crippen LogP contribution in [0.4, 0.5) is 0 Å². The molecule has 2 heterocycles. The molecule has 1 saturated heterocycles. The van der Waals surface area contributed by atoms with E-state index in [0.717, 1.165) is 24.8 Å². The van der Waals surface area contributed by atoms with Gasteiger partial charge >= 0.3 is 0 Å². The van der Waals surface area contributed by atoms with Crippen molar-refractivity contribution in [2.45, 2.75) is 57.5 Å². The monoisotopic (exact) mass is 280 g/mol. The van der Waals surface area contributed by atoms with Crippen LogP contribution in [0.1, 0.15) is 49.7 Å². The fraction of sp³-hybridized carbons (Fsp3) is 0.800. The van der Waals surface area contributed by atoms with Crippen LogP contribution in [0.3, 0.4) is 0 Å². The highest BCUT2D eigenvalue weighted by Gasteiger charge is 2.42. The maximum Gasteiger partial charge on any atom is 0.113 e. The van der Waals surface area contributed by atoms with Crippen molar-refractivity contribution in [3.63, 3.8) is 0 Å². The number of nitrogens with zero attached hydrogens (tertiary/aromatic N) is 1. The lowest BCUT2D eigenvalue weighted by molar-refractivity contribution is 0.0436. The second-order valence-corrected chi connectivity index (χ2v) is 6.97. The van der Waals surface area contributed by atoms with Gasteiger partial charge in [-0.2, -0.15) is 0 Å². The topological polar surface area (TPSA) is 34.1 Å². The first-order valence-corrected chi connectivity index (χ1v) is 8.36. The van der Waals surface area contributed by atoms with Crippen molar-refractivity contribution in [1.82, 2.24) is 10.3 Å². The second-order valence-electron chi connectivity index (χ2n) is 6.11. The molecule has 106 valence electrons. The first-order chi connectivity index (χ1) is 9.20. The Kier molecular flexibility index (Phi) is 3.92. The van der Waals surface area contributed by atoms with Crippen LogP contribution in [0.15, 0.2) is 5.38 Å². The van der Waals surface area contributed by atoms with Crippen LogP contribution >= 0.6 is 11.3 Å². The SMILES string of the molecule is Cc1csc(C2(NC(C)C3CCOCC3)CCC2)n1. The van der Waals surface area contributed by atoms with Crippen LogP contribution in [0, 0.1) is 12.8 Å². The van der Waals surface area contributed by atoms with Gasteiger partial charge in [-0.25, -0.2) is 4.98 Å². The lowest BCUT2D eigenvalue weighted by atomic mass is 9.75. The van der Waals surface area contributed by atoms with Crippen molar-refractivity contribution in [3.05, 3.63) is 16.1 Å². The van der Waals surface area contributed by atoms with E-state index in [1.54, 1.807) is 0 Å². The average molecular weight is 280 g/mol. The summed E-state index contributed by atoms with van der Waals surface area (Å²) in [6, 6.07) is 0.563. The van der Waals surface area contributed by atoms with Crippen LogP contribution < -0.4 is 5.32 Å². The van der Waals surface area contributed by atoms with Gasteiger partial charge < -0.3 is 10.1 Å². The molecule has 1 aliphatic heterocycles. The first-order valence-electron chi connectivity index (χ1n) is 7.48. The minimum Gasteiger partial charge on any atom is -0.381 e. The fourth-order valence-electron chi connectivity index (χ4n) is 3.29. The van der Waals surface area contributed by atoms with Gasteiger partial charge in [-0.1, -0.05) is 0 Å². The van der Waals surface area contributed by atoms with Crippen molar-refractivity contribution >= 4 is 11.3 Å². The van der Waals surface area contributed by atoms with Gasteiger partial charge in [0, 0.05) is 30.3 Å². The summed E-state index contributed by atoms with van der Waals surface area (Å²) in [6.07, 6.45) is 6.20. The van der Waals surface area contributed by atoms with Gasteiger partial charge in [0.2, 0.25) is 0 Å². The Morgan fingerprint density at radius 1 is 1.42 bits per heavy atom. The van der Waals surface area contributed by atoms with Gasteiger partial charge in [0.25, 0.3) is 0 Å². The second kappa shape index (κ2) is 5.51. The summed E-state index contributed by atoms with van der Waals surface area (Å²) in [5.74, 6) is 0.757. The zero-order valence-corrected chi connectivity index (χ0v) is 12.8. The highest BCUT2D eigenvalue weighted by Crippen LogP contribution is 2.43. The first kappa shape index (κ1) is 13.5. The van der Waals surface area contributed by atoms with Gasteiger partial charge in [-0.3, -0.25) is 0 Å². The van der Waals surface area contributed by atoms with E-state index in [0.29, 0.717) is 6.04 Å². The normalized spacial score (nSPS) is 24.9. The Morgan fingerprint density at radius 3 is 2.68 bits per heavy atom. The summed E-state index contributed by atoms with van der Waals surface area (Å²) >= 11 is 1.82. The molecule has 3 rings (SSSR count). The third kappa shape index (κ3) is 2.71. The van der Waals surface area contributed by atoms with E-state index in [-0.39, 0.29) is 5.54 Å². The number of ether oxygens (including phenoxy) is 1. The Bertz CT molecular complexity index is 422. The van der Waals surface area contributed by atoms with E-state index >= 15 is 0 Å². The number of hydrogen-bond donors (Lipinski definition) is 1. The summed E-state index contributed by atoms with van der Waals surface area (Å²) < 4.78 is 5.47. The number of aromatic nitrogens is 1. The Labute approximate surface area is 119 Å². The standard InChI is InChI=1S/C15H24N2OS/c1-11-10-19-14(16-11)15(6-3-7-15)17-12(2)13-4-8-18-9-5-13/h10,12-13,17H,3-9H2,1-2H3. The molecule has 1 aromatic heterocycles. The average Bonchev–Trinajstić information content (AvgIpc) is 2.81. The summed E-state index contributed by atoms with van der Waals surface area (Å²) in [4.78, 5) is 4.73. The number of rotatable bonds is 4. The highest BCUT2D eigenvalue weighted by atomic mass is 32.1. The summed E-state index contributed by atoms with van der Waals surface area (Å²) in [5.41, 5.74) is 1.34. The van der Waals surface area contributed by atoms with E-state index in [2.05, 4.69) is 24.5 Å². The van der Waals surface area contributed by atoms with Gasteiger partial charge in [-0.05, 0) is 51.9 Å². The summed E-state index contributed by atoms with van der Waals surface area (Å²) in [7, 11) is 0. The molecule has 1 N–H and O–H groups in total. The minimum absolute atomic E-state index is 0.177. The molecule has 19 heavy (non-hydrogen) atoms. The number of thiazole rings is 1. The predicted octanol–water partition coefficient (Wildman–Crippen LogP) is 3.24. The molecule has 0 amide bonds. The van der Waals surface area contributed by atoms with Gasteiger partial charge in [0.05, 0.1) is 5.54 Å². The molecule has 1 atom stereocenters. The molecule has 0 bridgehead atoms. The lowest BCUT2D eigenvalue weighted by Crippen LogP contribution is -2.54. The highest BCUT2D eigenvalue weighted by molar-refractivity contribution is 7.09. The number of aryl methyl sites for hydroxylation is 1. The van der Waals surface area contributed by atoms with E-state index < -0.39 is 0 Å². The Hall–Kier alpha value is -0.450. The van der Waals surface area contributed by atoms with Crippen molar-refractivity contribution < 1.29 is 4.74 Å². The maximum absolute atomic E-state index is 5.47. The molecular weight excluding hydrogens is 256 g/mol. The van der Waals surface area contributed by atoms with E-state index in [9.17, 15) is 0 Å². The van der Waals surface area contributed by atoms with E-state index in [1.807, 2.05) is 11.3 Å². The molecule has 0 radical (unpaired) electrons. The van der Waals surface area contributed by atoms with Crippen molar-refractivity contribution in [2.24, 2.45) is 5.92 Å². The molecule has 0 aromatic carbocycles. The van der Waals surface area contributed by atoms with Gasteiger partial charge in [0.1, 0.15) is 5.01 Å². The van der Waals surface area contributed by atoms with Crippen LogP contribution in [0.5, 0.6) is 0 Å². The van der Waals surface area contributed by atoms with Crippen LogP contribution in [0.2, 0.25) is 0 Å². The molecule has 1 aliphatic carbocycles.